The topological polar surface area (TPSA) is 116 Å². The standard InChI is InChI=1S/C24H23N3O7S/c1-31-20-11-9-19(13-22(20)32-2)35(29,30)27(18-6-4-3-5-7-18)15-24(28)26-25-14-17-8-10-21-23(12-17)34-16-33-21/h3-14H,15-16H2,1-2H3,(H,26,28)/b25-14-. The van der Waals surface area contributed by atoms with Crippen molar-refractivity contribution in [3.05, 3.63) is 72.3 Å². The molecule has 1 aliphatic rings. The van der Waals surface area contributed by atoms with Crippen molar-refractivity contribution in [3.63, 3.8) is 0 Å². The predicted octanol–water partition coefficient (Wildman–Crippen LogP) is 2.78. The van der Waals surface area contributed by atoms with Crippen molar-refractivity contribution < 1.29 is 32.2 Å². The summed E-state index contributed by atoms with van der Waals surface area (Å²) >= 11 is 0. The van der Waals surface area contributed by atoms with Crippen LogP contribution >= 0.6 is 0 Å². The van der Waals surface area contributed by atoms with Gasteiger partial charge >= 0.3 is 0 Å². The van der Waals surface area contributed by atoms with E-state index in [1.54, 1.807) is 48.5 Å². The number of methoxy groups -OCH3 is 2. The lowest BCUT2D eigenvalue weighted by molar-refractivity contribution is -0.119. The van der Waals surface area contributed by atoms with Gasteiger partial charge in [0.2, 0.25) is 6.79 Å². The maximum absolute atomic E-state index is 13.5. The molecule has 35 heavy (non-hydrogen) atoms. The summed E-state index contributed by atoms with van der Waals surface area (Å²) in [6.07, 6.45) is 1.43. The van der Waals surface area contributed by atoms with Crippen LogP contribution in [0.15, 0.2) is 76.7 Å². The SMILES string of the molecule is COc1ccc(S(=O)(=O)N(CC(=O)N/N=C\c2ccc3c(c2)OCO3)c2ccccc2)cc1OC. The molecule has 0 saturated carbocycles. The largest absolute Gasteiger partial charge is 0.493 e. The first kappa shape index (κ1) is 23.9. The number of benzene rings is 3. The molecule has 0 aromatic heterocycles. The molecule has 0 aliphatic carbocycles. The monoisotopic (exact) mass is 497 g/mol. The molecule has 1 aliphatic heterocycles. The lowest BCUT2D eigenvalue weighted by Gasteiger charge is -2.24. The van der Waals surface area contributed by atoms with E-state index in [4.69, 9.17) is 18.9 Å². The van der Waals surface area contributed by atoms with Gasteiger partial charge in [0, 0.05) is 6.07 Å². The van der Waals surface area contributed by atoms with Crippen LogP contribution in [0, 0.1) is 0 Å². The summed E-state index contributed by atoms with van der Waals surface area (Å²) in [4.78, 5) is 12.6. The first-order chi connectivity index (χ1) is 16.9. The number of hydrazone groups is 1. The van der Waals surface area contributed by atoms with Crippen molar-refractivity contribution in [1.82, 2.24) is 5.43 Å². The van der Waals surface area contributed by atoms with Crippen LogP contribution in [0.1, 0.15) is 5.56 Å². The minimum atomic E-state index is -4.14. The van der Waals surface area contributed by atoms with E-state index in [1.807, 2.05) is 0 Å². The van der Waals surface area contributed by atoms with Crippen LogP contribution in [0.5, 0.6) is 23.0 Å². The maximum Gasteiger partial charge on any atom is 0.264 e. The van der Waals surface area contributed by atoms with Gasteiger partial charge in [-0.15, -0.1) is 0 Å². The summed E-state index contributed by atoms with van der Waals surface area (Å²) in [5.41, 5.74) is 3.36. The number of rotatable bonds is 9. The summed E-state index contributed by atoms with van der Waals surface area (Å²) in [6.45, 7) is -0.351. The summed E-state index contributed by atoms with van der Waals surface area (Å²) in [5.74, 6) is 1.21. The molecule has 1 amide bonds. The Labute approximate surface area is 202 Å². The third kappa shape index (κ3) is 5.30. The molecule has 1 heterocycles. The lowest BCUT2D eigenvalue weighted by atomic mass is 10.2. The molecule has 4 rings (SSSR count). The minimum Gasteiger partial charge on any atom is -0.493 e. The lowest BCUT2D eigenvalue weighted by Crippen LogP contribution is -2.39. The highest BCUT2D eigenvalue weighted by molar-refractivity contribution is 7.92. The molecule has 182 valence electrons. The number of sulfonamides is 1. The molecule has 0 radical (unpaired) electrons. The highest BCUT2D eigenvalue weighted by atomic mass is 32.2. The van der Waals surface area contributed by atoms with Crippen molar-refractivity contribution in [2.45, 2.75) is 4.90 Å². The van der Waals surface area contributed by atoms with Gasteiger partial charge in [0.25, 0.3) is 15.9 Å². The number of nitrogens with one attached hydrogen (secondary N) is 1. The molecule has 0 saturated heterocycles. The number of carbonyl (C=O) groups is 1. The minimum absolute atomic E-state index is 0.0596. The molecule has 0 unspecified atom stereocenters. The zero-order valence-electron chi connectivity index (χ0n) is 19.0. The molecule has 0 fully saturated rings. The average molecular weight is 498 g/mol. The van der Waals surface area contributed by atoms with Crippen molar-refractivity contribution in [1.29, 1.82) is 0 Å². The Hall–Kier alpha value is -4.25. The van der Waals surface area contributed by atoms with Gasteiger partial charge < -0.3 is 18.9 Å². The number of amides is 1. The summed E-state index contributed by atoms with van der Waals surface area (Å²) in [7, 11) is -1.27. The molecule has 0 spiro atoms. The second kappa shape index (κ2) is 10.3. The number of carbonyl (C=O) groups excluding carboxylic acids is 1. The number of nitrogens with zero attached hydrogens (tertiary/aromatic N) is 2. The Kier molecular flexibility index (Phi) is 7.06. The molecule has 3 aromatic carbocycles. The summed E-state index contributed by atoms with van der Waals surface area (Å²) in [5, 5.41) is 3.94. The van der Waals surface area contributed by atoms with Crippen molar-refractivity contribution in [2.75, 3.05) is 31.9 Å². The van der Waals surface area contributed by atoms with Crippen LogP contribution in [0.25, 0.3) is 0 Å². The van der Waals surface area contributed by atoms with Gasteiger partial charge in [-0.3, -0.25) is 9.10 Å². The molecule has 11 heteroatoms. The van der Waals surface area contributed by atoms with Crippen molar-refractivity contribution >= 4 is 27.8 Å². The third-order valence-corrected chi connectivity index (χ3v) is 6.84. The predicted molar refractivity (Wildman–Crippen MR) is 129 cm³/mol. The molecule has 0 atom stereocenters. The molecule has 0 bridgehead atoms. The number of hydrogen-bond acceptors (Lipinski definition) is 8. The van der Waals surface area contributed by atoms with E-state index in [1.165, 1.54) is 38.6 Å². The average Bonchev–Trinajstić information content (AvgIpc) is 3.35. The number of fused-ring (bicyclic) bond motifs is 1. The summed E-state index contributed by atoms with van der Waals surface area (Å²) < 4.78 is 49.1. The Morgan fingerprint density at radius 3 is 2.49 bits per heavy atom. The normalized spacial score (nSPS) is 12.4. The first-order valence-electron chi connectivity index (χ1n) is 10.4. The Morgan fingerprint density at radius 1 is 1.00 bits per heavy atom. The first-order valence-corrected chi connectivity index (χ1v) is 11.9. The number of para-hydroxylation sites is 1. The van der Waals surface area contributed by atoms with E-state index in [-0.39, 0.29) is 17.4 Å². The number of anilines is 1. The van der Waals surface area contributed by atoms with E-state index >= 15 is 0 Å². The van der Waals surface area contributed by atoms with Gasteiger partial charge in [0.1, 0.15) is 6.54 Å². The fourth-order valence-electron chi connectivity index (χ4n) is 3.35. The van der Waals surface area contributed by atoms with E-state index in [0.29, 0.717) is 28.5 Å². The van der Waals surface area contributed by atoms with Gasteiger partial charge in [-0.1, -0.05) is 18.2 Å². The van der Waals surface area contributed by atoms with Gasteiger partial charge in [-0.25, -0.2) is 13.8 Å². The second-order valence-electron chi connectivity index (χ2n) is 7.27. The van der Waals surface area contributed by atoms with E-state index in [9.17, 15) is 13.2 Å². The van der Waals surface area contributed by atoms with Gasteiger partial charge in [0.15, 0.2) is 23.0 Å². The van der Waals surface area contributed by atoms with Crippen LogP contribution in [-0.2, 0) is 14.8 Å². The van der Waals surface area contributed by atoms with Crippen LogP contribution in [-0.4, -0.2) is 48.1 Å². The van der Waals surface area contributed by atoms with Crippen LogP contribution in [0.4, 0.5) is 5.69 Å². The zero-order chi connectivity index (χ0) is 24.8. The Morgan fingerprint density at radius 2 is 1.74 bits per heavy atom. The van der Waals surface area contributed by atoms with Crippen LogP contribution < -0.4 is 28.7 Å². The molecular weight excluding hydrogens is 474 g/mol. The van der Waals surface area contributed by atoms with Gasteiger partial charge in [-0.05, 0) is 48.0 Å². The van der Waals surface area contributed by atoms with Crippen LogP contribution in [0.3, 0.4) is 0 Å². The quantitative estimate of drug-likeness (QED) is 0.357. The Bertz CT molecular complexity index is 1340. The molecule has 10 nitrogen and oxygen atoms in total. The molecule has 3 aromatic rings. The van der Waals surface area contributed by atoms with Gasteiger partial charge in [-0.2, -0.15) is 5.10 Å². The number of ether oxygens (including phenoxy) is 4. The van der Waals surface area contributed by atoms with E-state index in [0.717, 1.165) is 4.31 Å². The van der Waals surface area contributed by atoms with Crippen LogP contribution in [0.2, 0.25) is 0 Å². The molecule has 1 N–H and O–H groups in total. The number of hydrogen-bond donors (Lipinski definition) is 1. The van der Waals surface area contributed by atoms with Crippen molar-refractivity contribution in [2.24, 2.45) is 5.10 Å². The fraction of sp³-hybridized carbons (Fsp3) is 0.167. The fourth-order valence-corrected chi connectivity index (χ4v) is 4.79. The summed E-state index contributed by atoms with van der Waals surface area (Å²) in [6, 6.07) is 17.7. The molecular formula is C24H23N3O7S. The smallest absolute Gasteiger partial charge is 0.264 e. The maximum atomic E-state index is 13.5. The second-order valence-corrected chi connectivity index (χ2v) is 9.13. The Balaban J connectivity index is 1.55. The van der Waals surface area contributed by atoms with E-state index < -0.39 is 22.5 Å². The zero-order valence-corrected chi connectivity index (χ0v) is 19.8. The third-order valence-electron chi connectivity index (χ3n) is 5.07. The highest BCUT2D eigenvalue weighted by Crippen LogP contribution is 2.33. The van der Waals surface area contributed by atoms with E-state index in [2.05, 4.69) is 10.5 Å². The van der Waals surface area contributed by atoms with Crippen molar-refractivity contribution in [3.8, 4) is 23.0 Å². The highest BCUT2D eigenvalue weighted by Gasteiger charge is 2.28. The van der Waals surface area contributed by atoms with Gasteiger partial charge in [0.05, 0.1) is 31.0 Å².